The van der Waals surface area contributed by atoms with Gasteiger partial charge >= 0.3 is 5.97 Å². The van der Waals surface area contributed by atoms with Crippen LogP contribution in [0.2, 0.25) is 0 Å². The molecule has 0 saturated heterocycles. The van der Waals surface area contributed by atoms with Gasteiger partial charge in [-0.05, 0) is 0 Å². The number of nitrogens with two attached hydrogens (primary N) is 2. The number of carboxylic acid groups (broad SMARTS) is 1. The molecule has 1 unspecified atom stereocenters. The van der Waals surface area contributed by atoms with E-state index in [1.54, 1.807) is 0 Å². The molecule has 0 heterocycles. The lowest BCUT2D eigenvalue weighted by Gasteiger charge is -2.07. The Bertz CT molecular complexity index is 119. The maximum atomic E-state index is 9.99. The van der Waals surface area contributed by atoms with Crippen molar-refractivity contribution in [2.75, 3.05) is 6.61 Å². The van der Waals surface area contributed by atoms with Crippen molar-refractivity contribution in [3.63, 3.8) is 0 Å². The first kappa shape index (κ1) is 9.74. The molecule has 0 aromatic carbocycles. The molecule has 6 nitrogen and oxygen atoms in total. The summed E-state index contributed by atoms with van der Waals surface area (Å²) >= 11 is 0. The molecule has 0 amide bonds. The molecule has 0 aliphatic heterocycles. The van der Waals surface area contributed by atoms with Crippen LogP contribution in [0.5, 0.6) is 0 Å². The molecular formula is C3H9N2O4P. The summed E-state index contributed by atoms with van der Waals surface area (Å²) in [6.07, 6.45) is 0. The van der Waals surface area contributed by atoms with E-state index in [2.05, 4.69) is 4.52 Å². The van der Waals surface area contributed by atoms with Crippen LogP contribution < -0.4 is 11.2 Å². The highest BCUT2D eigenvalue weighted by Crippen LogP contribution is 2.18. The number of aliphatic carboxylic acids is 1. The van der Waals surface area contributed by atoms with Crippen LogP contribution in [0.3, 0.4) is 0 Å². The maximum Gasteiger partial charge on any atom is 0.322 e. The number of carbonyl (C=O) groups is 1. The summed E-state index contributed by atoms with van der Waals surface area (Å²) in [6.45, 7) is -0.270. The molecule has 60 valence electrons. The van der Waals surface area contributed by atoms with Crippen molar-refractivity contribution < 1.29 is 19.3 Å². The van der Waals surface area contributed by atoms with E-state index in [4.69, 9.17) is 21.2 Å². The first-order valence-corrected chi connectivity index (χ1v) is 3.67. The molecule has 0 saturated carbocycles. The number of hydrogen-bond acceptors (Lipinski definition) is 5. The Morgan fingerprint density at radius 3 is 2.60 bits per heavy atom. The Morgan fingerprint density at radius 2 is 2.30 bits per heavy atom. The van der Waals surface area contributed by atoms with Crippen molar-refractivity contribution in [1.29, 1.82) is 0 Å². The van der Waals surface area contributed by atoms with Gasteiger partial charge in [-0.25, -0.2) is 0 Å². The number of hydrogen-bond donors (Lipinski definition) is 4. The Morgan fingerprint density at radius 1 is 1.80 bits per heavy atom. The molecule has 0 rings (SSSR count). The fraction of sp³-hybridized carbons (Fsp3) is 0.667. The summed E-state index contributed by atoms with van der Waals surface area (Å²) in [5.41, 5.74) is 9.77. The van der Waals surface area contributed by atoms with Crippen LogP contribution in [0.4, 0.5) is 0 Å². The lowest BCUT2D eigenvalue weighted by Crippen LogP contribution is -2.34. The Kier molecular flexibility index (Phi) is 4.42. The predicted octanol–water partition coefficient (Wildman–Crippen LogP) is -1.41. The van der Waals surface area contributed by atoms with Gasteiger partial charge in [0.1, 0.15) is 6.04 Å². The molecule has 0 spiro atoms. The molecule has 0 aromatic heterocycles. The molecule has 0 fully saturated rings. The van der Waals surface area contributed by atoms with Crippen LogP contribution in [0, 0.1) is 0 Å². The highest BCUT2D eigenvalue weighted by molar-refractivity contribution is 7.43. The van der Waals surface area contributed by atoms with Gasteiger partial charge in [-0.2, -0.15) is 0 Å². The topological polar surface area (TPSA) is 119 Å². The van der Waals surface area contributed by atoms with Gasteiger partial charge in [-0.15, -0.1) is 0 Å². The highest BCUT2D eigenvalue weighted by atomic mass is 31.2. The third kappa shape index (κ3) is 4.60. The van der Waals surface area contributed by atoms with Gasteiger partial charge in [0.15, 0.2) is 0 Å². The van der Waals surface area contributed by atoms with Crippen molar-refractivity contribution in [2.24, 2.45) is 11.2 Å². The lowest BCUT2D eigenvalue weighted by molar-refractivity contribution is -0.139. The van der Waals surface area contributed by atoms with Gasteiger partial charge in [0, 0.05) is 0 Å². The van der Waals surface area contributed by atoms with Crippen LogP contribution in [0.25, 0.3) is 0 Å². The van der Waals surface area contributed by atoms with E-state index in [-0.39, 0.29) is 6.61 Å². The summed E-state index contributed by atoms with van der Waals surface area (Å²) in [6, 6.07) is -1.12. The number of carboxylic acids is 1. The van der Waals surface area contributed by atoms with Crippen LogP contribution >= 0.6 is 8.53 Å². The van der Waals surface area contributed by atoms with Crippen molar-refractivity contribution in [1.82, 2.24) is 0 Å². The molecule has 7 heteroatoms. The Balaban J connectivity index is 3.40. The average Bonchev–Trinajstić information content (AvgIpc) is 1.82. The first-order valence-electron chi connectivity index (χ1n) is 2.39. The highest BCUT2D eigenvalue weighted by Gasteiger charge is 2.12. The third-order valence-corrected chi connectivity index (χ3v) is 1.12. The molecule has 0 aromatic rings. The SMILES string of the molecule is N[C@@H](COP(N)O)C(=O)O. The molecule has 6 N–H and O–H groups in total. The molecule has 10 heavy (non-hydrogen) atoms. The van der Waals surface area contributed by atoms with Gasteiger partial charge in [-0.3, -0.25) is 10.3 Å². The van der Waals surface area contributed by atoms with E-state index < -0.39 is 20.5 Å². The lowest BCUT2D eigenvalue weighted by atomic mass is 10.3. The van der Waals surface area contributed by atoms with Crippen molar-refractivity contribution >= 4 is 14.5 Å². The van der Waals surface area contributed by atoms with E-state index in [1.807, 2.05) is 0 Å². The van der Waals surface area contributed by atoms with Crippen LogP contribution in [0.1, 0.15) is 0 Å². The zero-order valence-electron chi connectivity index (χ0n) is 5.10. The Hall–Kier alpha value is -0.260. The molecule has 0 radical (unpaired) electrons. The summed E-state index contributed by atoms with van der Waals surface area (Å²) in [5, 5.41) is 8.17. The van der Waals surface area contributed by atoms with Gasteiger partial charge < -0.3 is 20.3 Å². The largest absolute Gasteiger partial charge is 0.480 e. The van der Waals surface area contributed by atoms with E-state index in [0.29, 0.717) is 0 Å². The molecule has 2 atom stereocenters. The minimum atomic E-state index is -2.00. The molecule has 0 aliphatic rings. The van der Waals surface area contributed by atoms with Crippen molar-refractivity contribution in [3.05, 3.63) is 0 Å². The first-order chi connectivity index (χ1) is 4.54. The summed E-state index contributed by atoms with van der Waals surface area (Å²) in [4.78, 5) is 18.3. The average molecular weight is 168 g/mol. The minimum absolute atomic E-state index is 0.270. The summed E-state index contributed by atoms with van der Waals surface area (Å²) in [5.74, 6) is -1.18. The van der Waals surface area contributed by atoms with Crippen molar-refractivity contribution in [2.45, 2.75) is 6.04 Å². The van der Waals surface area contributed by atoms with E-state index in [1.165, 1.54) is 0 Å². The minimum Gasteiger partial charge on any atom is -0.480 e. The van der Waals surface area contributed by atoms with E-state index in [9.17, 15) is 4.79 Å². The third-order valence-electron chi connectivity index (χ3n) is 0.704. The smallest absolute Gasteiger partial charge is 0.322 e. The second kappa shape index (κ2) is 4.54. The van der Waals surface area contributed by atoms with E-state index >= 15 is 0 Å². The predicted molar refractivity (Wildman–Crippen MR) is 34.9 cm³/mol. The van der Waals surface area contributed by atoms with Gasteiger partial charge in [0.05, 0.1) is 6.61 Å². The normalized spacial score (nSPS) is 16.3. The van der Waals surface area contributed by atoms with Gasteiger partial charge in [0.2, 0.25) is 8.53 Å². The fourth-order valence-electron chi connectivity index (χ4n) is 0.228. The molecule has 0 aliphatic carbocycles. The van der Waals surface area contributed by atoms with Crippen LogP contribution in [0.15, 0.2) is 0 Å². The second-order valence-electron chi connectivity index (χ2n) is 1.54. The van der Waals surface area contributed by atoms with Gasteiger partial charge in [-0.1, -0.05) is 0 Å². The second-order valence-corrected chi connectivity index (χ2v) is 2.41. The van der Waals surface area contributed by atoms with Gasteiger partial charge in [0.25, 0.3) is 0 Å². The van der Waals surface area contributed by atoms with Crippen LogP contribution in [-0.4, -0.2) is 28.6 Å². The summed E-state index contributed by atoms with van der Waals surface area (Å²) in [7, 11) is -2.00. The van der Waals surface area contributed by atoms with Crippen molar-refractivity contribution in [3.8, 4) is 0 Å². The van der Waals surface area contributed by atoms with Crippen LogP contribution in [-0.2, 0) is 9.32 Å². The summed E-state index contributed by atoms with van der Waals surface area (Å²) < 4.78 is 4.36. The fourth-order valence-corrected chi connectivity index (χ4v) is 0.541. The number of rotatable bonds is 4. The van der Waals surface area contributed by atoms with E-state index in [0.717, 1.165) is 0 Å². The maximum absolute atomic E-state index is 9.99. The molecule has 0 bridgehead atoms. The zero-order chi connectivity index (χ0) is 8.15. The monoisotopic (exact) mass is 168 g/mol. The quantitative estimate of drug-likeness (QED) is 0.383. The molecular weight excluding hydrogens is 159 g/mol. The Labute approximate surface area is 58.7 Å². The standard InChI is InChI=1S/C3H9N2O4P/c4-2(3(6)7)1-9-10(5)8/h2,8H,1,4-5H2,(H,6,7)/t2-,10?/m0/s1. The zero-order valence-corrected chi connectivity index (χ0v) is 5.99.